The van der Waals surface area contributed by atoms with Crippen molar-refractivity contribution in [3.63, 3.8) is 0 Å². The highest BCUT2D eigenvalue weighted by atomic mass is 35.5. The van der Waals surface area contributed by atoms with Gasteiger partial charge >= 0.3 is 0 Å². The molecule has 2 aromatic rings. The number of amidine groups is 1. The van der Waals surface area contributed by atoms with Crippen LogP contribution in [0.1, 0.15) is 5.56 Å². The monoisotopic (exact) mass is 410 g/mol. The van der Waals surface area contributed by atoms with Gasteiger partial charge in [-0.15, -0.1) is 0 Å². The van der Waals surface area contributed by atoms with E-state index in [0.717, 1.165) is 5.56 Å². The number of fused-ring (bicyclic) bond motifs is 1. The van der Waals surface area contributed by atoms with Gasteiger partial charge in [0, 0.05) is 10.8 Å². The third-order valence-corrected chi connectivity index (χ3v) is 7.62. The van der Waals surface area contributed by atoms with Crippen LogP contribution in [0.3, 0.4) is 0 Å². The normalized spacial score (nSPS) is 23.8. The largest absolute Gasteiger partial charge is 0.312 e. The molecule has 26 heavy (non-hydrogen) atoms. The average molecular weight is 411 g/mol. The van der Waals surface area contributed by atoms with Crippen molar-refractivity contribution in [1.29, 1.82) is 0 Å². The molecule has 136 valence electrons. The molecule has 0 radical (unpaired) electrons. The number of hydrogen-bond donors (Lipinski definition) is 0. The van der Waals surface area contributed by atoms with Crippen LogP contribution < -0.4 is 4.90 Å². The van der Waals surface area contributed by atoms with Crippen LogP contribution in [-0.2, 0) is 15.6 Å². The Morgan fingerprint density at radius 3 is 2.65 bits per heavy atom. The quantitative estimate of drug-likeness (QED) is 0.773. The van der Waals surface area contributed by atoms with Gasteiger partial charge in [0.1, 0.15) is 5.82 Å². The zero-order valence-corrected chi connectivity index (χ0v) is 16.1. The zero-order chi connectivity index (χ0) is 18.3. The van der Waals surface area contributed by atoms with Crippen molar-refractivity contribution in [1.82, 2.24) is 0 Å². The SMILES string of the molecule is O=S1(=O)C[C@@H]2N=C(SCc3ccccc3Cl)N(c3ccccc3F)[C@H]2C1. The van der Waals surface area contributed by atoms with E-state index in [1.165, 1.54) is 17.8 Å². The third kappa shape index (κ3) is 3.35. The van der Waals surface area contributed by atoms with Crippen LogP contribution >= 0.6 is 23.4 Å². The molecular formula is C18H16ClFN2O2S2. The van der Waals surface area contributed by atoms with Crippen LogP contribution in [0.2, 0.25) is 5.02 Å². The van der Waals surface area contributed by atoms with E-state index in [-0.39, 0.29) is 29.4 Å². The molecule has 4 nitrogen and oxygen atoms in total. The van der Waals surface area contributed by atoms with Gasteiger partial charge in [0.25, 0.3) is 0 Å². The second kappa shape index (κ2) is 6.87. The van der Waals surface area contributed by atoms with E-state index in [9.17, 15) is 12.8 Å². The van der Waals surface area contributed by atoms with Crippen LogP contribution in [0.25, 0.3) is 0 Å². The van der Waals surface area contributed by atoms with E-state index in [0.29, 0.717) is 21.6 Å². The Morgan fingerprint density at radius 2 is 1.88 bits per heavy atom. The standard InChI is InChI=1S/C18H16ClFN2O2S2/c19-13-6-2-1-5-12(13)9-25-18-21-15-10-26(23,24)11-17(15)22(18)16-8-4-3-7-14(16)20/h1-8,15,17H,9-11H2/t15-,17-/m0/s1. The highest BCUT2D eigenvalue weighted by Crippen LogP contribution is 2.37. The maximum atomic E-state index is 14.4. The van der Waals surface area contributed by atoms with Crippen LogP contribution in [0.5, 0.6) is 0 Å². The van der Waals surface area contributed by atoms with Crippen LogP contribution in [0, 0.1) is 5.82 Å². The van der Waals surface area contributed by atoms with E-state index in [1.54, 1.807) is 23.1 Å². The maximum Gasteiger partial charge on any atom is 0.164 e. The second-order valence-corrected chi connectivity index (χ2v) is 9.83. The minimum Gasteiger partial charge on any atom is -0.312 e. The van der Waals surface area contributed by atoms with Gasteiger partial charge in [-0.05, 0) is 23.8 Å². The molecule has 0 bridgehead atoms. The lowest BCUT2D eigenvalue weighted by Gasteiger charge is -2.26. The van der Waals surface area contributed by atoms with Crippen LogP contribution in [0.4, 0.5) is 10.1 Å². The van der Waals surface area contributed by atoms with Crippen molar-refractivity contribution in [2.45, 2.75) is 17.8 Å². The van der Waals surface area contributed by atoms with Crippen molar-refractivity contribution in [3.05, 3.63) is 64.9 Å². The second-order valence-electron chi connectivity index (χ2n) is 6.32. The molecule has 0 spiro atoms. The number of nitrogens with zero attached hydrogens (tertiary/aromatic N) is 2. The van der Waals surface area contributed by atoms with Gasteiger partial charge in [-0.1, -0.05) is 53.7 Å². The van der Waals surface area contributed by atoms with Gasteiger partial charge in [0.05, 0.1) is 29.3 Å². The molecule has 2 aromatic carbocycles. The Labute approximate surface area is 161 Å². The number of hydrogen-bond acceptors (Lipinski definition) is 5. The van der Waals surface area contributed by atoms with Gasteiger partial charge in [0.15, 0.2) is 15.0 Å². The van der Waals surface area contributed by atoms with Gasteiger partial charge in [0.2, 0.25) is 0 Å². The lowest BCUT2D eigenvalue weighted by Crippen LogP contribution is -2.39. The number of rotatable bonds is 3. The van der Waals surface area contributed by atoms with E-state index >= 15 is 0 Å². The minimum atomic E-state index is -3.16. The molecule has 2 aliphatic rings. The van der Waals surface area contributed by atoms with Crippen molar-refractivity contribution in [2.24, 2.45) is 4.99 Å². The minimum absolute atomic E-state index is 0.00828. The third-order valence-electron chi connectivity index (χ3n) is 4.53. The summed E-state index contributed by atoms with van der Waals surface area (Å²) >= 11 is 7.67. The van der Waals surface area contributed by atoms with Gasteiger partial charge in [-0.2, -0.15) is 0 Å². The first-order valence-corrected chi connectivity index (χ1v) is 11.3. The molecule has 0 saturated carbocycles. The Balaban J connectivity index is 1.65. The first-order chi connectivity index (χ1) is 12.4. The Bertz CT molecular complexity index is 981. The molecule has 0 unspecified atom stereocenters. The van der Waals surface area contributed by atoms with Crippen LogP contribution in [-0.4, -0.2) is 37.2 Å². The molecular weight excluding hydrogens is 395 g/mol. The summed E-state index contributed by atoms with van der Waals surface area (Å²) in [7, 11) is -3.16. The van der Waals surface area contributed by atoms with Crippen molar-refractivity contribution >= 4 is 44.1 Å². The molecule has 1 fully saturated rings. The van der Waals surface area contributed by atoms with Crippen LogP contribution in [0.15, 0.2) is 53.5 Å². The number of benzene rings is 2. The Hall–Kier alpha value is -1.57. The smallest absolute Gasteiger partial charge is 0.164 e. The molecule has 0 N–H and O–H groups in total. The number of aliphatic imine (C=N–C) groups is 1. The average Bonchev–Trinajstić information content (AvgIpc) is 3.06. The summed E-state index contributed by atoms with van der Waals surface area (Å²) in [5, 5.41) is 1.30. The lowest BCUT2D eigenvalue weighted by molar-refractivity contribution is 0.600. The van der Waals surface area contributed by atoms with E-state index in [1.807, 2.05) is 24.3 Å². The van der Waals surface area contributed by atoms with E-state index in [2.05, 4.69) is 4.99 Å². The Kier molecular flexibility index (Phi) is 4.71. The summed E-state index contributed by atoms with van der Waals surface area (Å²) in [5.74, 6) is 0.198. The summed E-state index contributed by atoms with van der Waals surface area (Å²) < 4.78 is 38.5. The summed E-state index contributed by atoms with van der Waals surface area (Å²) in [4.78, 5) is 6.35. The van der Waals surface area contributed by atoms with Crippen molar-refractivity contribution < 1.29 is 12.8 Å². The molecule has 2 aliphatic heterocycles. The maximum absolute atomic E-state index is 14.4. The first kappa shape index (κ1) is 17.8. The molecule has 8 heteroatoms. The summed E-state index contributed by atoms with van der Waals surface area (Å²) in [6.45, 7) is 0. The van der Waals surface area contributed by atoms with Crippen molar-refractivity contribution in [2.75, 3.05) is 16.4 Å². The van der Waals surface area contributed by atoms with E-state index in [4.69, 9.17) is 11.6 Å². The molecule has 0 aliphatic carbocycles. The lowest BCUT2D eigenvalue weighted by atomic mass is 10.1. The fraction of sp³-hybridized carbons (Fsp3) is 0.278. The fourth-order valence-corrected chi connectivity index (χ4v) is 6.57. The number of thioether (sulfide) groups is 1. The number of anilines is 1. The highest BCUT2D eigenvalue weighted by molar-refractivity contribution is 8.13. The number of halogens is 2. The zero-order valence-electron chi connectivity index (χ0n) is 13.7. The molecule has 0 aromatic heterocycles. The molecule has 2 heterocycles. The first-order valence-electron chi connectivity index (χ1n) is 8.13. The molecule has 2 atom stereocenters. The predicted molar refractivity (Wildman–Crippen MR) is 105 cm³/mol. The van der Waals surface area contributed by atoms with Gasteiger partial charge in [-0.3, -0.25) is 4.99 Å². The number of sulfone groups is 1. The predicted octanol–water partition coefficient (Wildman–Crippen LogP) is 3.75. The molecule has 1 saturated heterocycles. The highest BCUT2D eigenvalue weighted by Gasteiger charge is 2.47. The van der Waals surface area contributed by atoms with Crippen molar-refractivity contribution in [3.8, 4) is 0 Å². The van der Waals surface area contributed by atoms with Gasteiger partial charge in [-0.25, -0.2) is 12.8 Å². The molecule has 4 rings (SSSR count). The number of para-hydroxylation sites is 1. The molecule has 0 amide bonds. The fourth-order valence-electron chi connectivity index (χ4n) is 3.32. The topological polar surface area (TPSA) is 49.7 Å². The summed E-state index contributed by atoms with van der Waals surface area (Å²) in [6, 6.07) is 13.2. The van der Waals surface area contributed by atoms with Gasteiger partial charge < -0.3 is 4.90 Å². The summed E-state index contributed by atoms with van der Waals surface area (Å²) in [6.07, 6.45) is 0. The summed E-state index contributed by atoms with van der Waals surface area (Å²) in [5.41, 5.74) is 1.32. The van der Waals surface area contributed by atoms with E-state index < -0.39 is 9.84 Å². The Morgan fingerprint density at radius 1 is 1.15 bits per heavy atom.